The predicted octanol–water partition coefficient (Wildman–Crippen LogP) is 5.28. The number of amides is 3. The van der Waals surface area contributed by atoms with Crippen LogP contribution in [0.25, 0.3) is 10.9 Å². The second-order valence-corrected chi connectivity index (χ2v) is 8.16. The molecule has 0 radical (unpaired) electrons. The molecule has 6 nitrogen and oxygen atoms in total. The Labute approximate surface area is 184 Å². The van der Waals surface area contributed by atoms with Gasteiger partial charge in [-0.2, -0.15) is 0 Å². The molecular weight excluding hydrogens is 423 g/mol. The number of carbonyl (C=O) groups excluding carboxylic acids is 2. The van der Waals surface area contributed by atoms with Crippen molar-refractivity contribution in [2.75, 3.05) is 30.4 Å². The lowest BCUT2D eigenvalue weighted by atomic mass is 10.0. The lowest BCUT2D eigenvalue weighted by molar-refractivity contribution is 0.102. The number of urea groups is 1. The van der Waals surface area contributed by atoms with Crippen molar-refractivity contribution in [3.63, 3.8) is 0 Å². The molecule has 0 atom stereocenters. The summed E-state index contributed by atoms with van der Waals surface area (Å²) in [4.78, 5) is 33.6. The van der Waals surface area contributed by atoms with Crippen molar-refractivity contribution in [2.24, 2.45) is 0 Å². The van der Waals surface area contributed by atoms with Crippen molar-refractivity contribution in [2.45, 2.75) is 13.8 Å². The molecule has 1 fully saturated rings. The van der Waals surface area contributed by atoms with E-state index in [9.17, 15) is 9.59 Å². The van der Waals surface area contributed by atoms with E-state index in [-0.39, 0.29) is 21.6 Å². The van der Waals surface area contributed by atoms with Gasteiger partial charge in [-0.3, -0.25) is 14.7 Å². The monoisotopic (exact) mass is 442 g/mol. The summed E-state index contributed by atoms with van der Waals surface area (Å²) in [5.74, 6) is -0.420. The van der Waals surface area contributed by atoms with Crippen LogP contribution in [0.4, 0.5) is 16.2 Å². The van der Waals surface area contributed by atoms with Gasteiger partial charge in [0, 0.05) is 31.7 Å². The summed E-state index contributed by atoms with van der Waals surface area (Å²) in [6, 6.07) is 8.56. The first-order valence-corrected chi connectivity index (χ1v) is 10.2. The second kappa shape index (κ2) is 7.78. The molecule has 8 heteroatoms. The second-order valence-electron chi connectivity index (χ2n) is 7.35. The van der Waals surface area contributed by atoms with Gasteiger partial charge in [-0.25, -0.2) is 4.79 Å². The molecule has 1 N–H and O–H groups in total. The maximum absolute atomic E-state index is 12.9. The van der Waals surface area contributed by atoms with E-state index in [1.165, 1.54) is 0 Å². The molecule has 0 aliphatic carbocycles. The van der Waals surface area contributed by atoms with Gasteiger partial charge in [-0.1, -0.05) is 35.3 Å². The fourth-order valence-electron chi connectivity index (χ4n) is 3.75. The van der Waals surface area contributed by atoms with Crippen LogP contribution in [0.1, 0.15) is 21.5 Å². The largest absolute Gasteiger partial charge is 0.326 e. The van der Waals surface area contributed by atoms with Crippen molar-refractivity contribution < 1.29 is 9.59 Å². The summed E-state index contributed by atoms with van der Waals surface area (Å²) in [6.07, 6.45) is 1.72. The molecule has 1 saturated heterocycles. The molecule has 1 aromatic heterocycles. The van der Waals surface area contributed by atoms with Crippen molar-refractivity contribution >= 4 is 57.4 Å². The van der Waals surface area contributed by atoms with Gasteiger partial charge in [0.25, 0.3) is 5.91 Å². The average Bonchev–Trinajstić information content (AvgIpc) is 3.02. The zero-order chi connectivity index (χ0) is 21.6. The number of benzene rings is 2. The van der Waals surface area contributed by atoms with E-state index in [0.717, 1.165) is 22.2 Å². The van der Waals surface area contributed by atoms with Gasteiger partial charge in [0.05, 0.1) is 32.5 Å². The standard InChI is InChI=1S/C22H20Cl2N4O2/c1-12-7-8-16(26-21(29)18-14(23)5-4-6-15(18)24)19-17(12)20(13(2)11-25-19)28-10-9-27(3)22(28)30/h4-8,11H,9-10H2,1-3H3,(H,26,29). The summed E-state index contributed by atoms with van der Waals surface area (Å²) in [5.41, 5.74) is 4.02. The van der Waals surface area contributed by atoms with Crippen LogP contribution < -0.4 is 10.2 Å². The van der Waals surface area contributed by atoms with Crippen LogP contribution in [0.5, 0.6) is 0 Å². The maximum Gasteiger partial charge on any atom is 0.324 e. The number of carbonyl (C=O) groups is 2. The maximum atomic E-state index is 12.9. The molecule has 4 rings (SSSR count). The normalized spacial score (nSPS) is 14.0. The Hall–Kier alpha value is -2.83. The molecule has 1 aliphatic rings. The van der Waals surface area contributed by atoms with Gasteiger partial charge in [0.1, 0.15) is 0 Å². The Kier molecular flexibility index (Phi) is 5.30. The van der Waals surface area contributed by atoms with Crippen LogP contribution in [0.2, 0.25) is 10.0 Å². The minimum atomic E-state index is -0.420. The van der Waals surface area contributed by atoms with Crippen LogP contribution in [0, 0.1) is 13.8 Å². The first-order chi connectivity index (χ1) is 14.3. The molecule has 2 aromatic carbocycles. The number of aromatic nitrogens is 1. The number of fused-ring (bicyclic) bond motifs is 1. The van der Waals surface area contributed by atoms with E-state index in [4.69, 9.17) is 23.2 Å². The van der Waals surface area contributed by atoms with Gasteiger partial charge in [-0.15, -0.1) is 0 Å². The molecule has 30 heavy (non-hydrogen) atoms. The number of hydrogen-bond acceptors (Lipinski definition) is 3. The van der Waals surface area contributed by atoms with Crippen LogP contribution in [-0.2, 0) is 0 Å². The topological polar surface area (TPSA) is 65.5 Å². The fourth-order valence-corrected chi connectivity index (χ4v) is 4.32. The van der Waals surface area contributed by atoms with Crippen molar-refractivity contribution in [1.29, 1.82) is 0 Å². The van der Waals surface area contributed by atoms with E-state index >= 15 is 0 Å². The number of halogens is 2. The van der Waals surface area contributed by atoms with Crippen molar-refractivity contribution in [1.82, 2.24) is 9.88 Å². The van der Waals surface area contributed by atoms with Crippen molar-refractivity contribution in [3.8, 4) is 0 Å². The third-order valence-electron chi connectivity index (χ3n) is 5.31. The Morgan fingerprint density at radius 3 is 2.40 bits per heavy atom. The van der Waals surface area contributed by atoms with E-state index < -0.39 is 5.91 Å². The molecule has 0 saturated carbocycles. The highest BCUT2D eigenvalue weighted by Gasteiger charge is 2.30. The van der Waals surface area contributed by atoms with Crippen molar-refractivity contribution in [3.05, 3.63) is 63.3 Å². The third-order valence-corrected chi connectivity index (χ3v) is 5.94. The Balaban J connectivity index is 1.84. The first-order valence-electron chi connectivity index (χ1n) is 9.46. The number of anilines is 2. The summed E-state index contributed by atoms with van der Waals surface area (Å²) < 4.78 is 0. The number of nitrogens with one attached hydrogen (secondary N) is 1. The Morgan fingerprint density at radius 2 is 1.77 bits per heavy atom. The predicted molar refractivity (Wildman–Crippen MR) is 121 cm³/mol. The lowest BCUT2D eigenvalue weighted by Crippen LogP contribution is -2.30. The molecule has 0 bridgehead atoms. The smallest absolute Gasteiger partial charge is 0.324 e. The van der Waals surface area contributed by atoms with Gasteiger partial charge in [0.2, 0.25) is 0 Å². The highest BCUT2D eigenvalue weighted by Crippen LogP contribution is 2.37. The molecule has 3 amide bonds. The van der Waals surface area contributed by atoms with E-state index in [1.807, 2.05) is 19.9 Å². The van der Waals surface area contributed by atoms with Crippen LogP contribution >= 0.6 is 23.2 Å². The Morgan fingerprint density at radius 1 is 1.07 bits per heavy atom. The van der Waals surface area contributed by atoms with Gasteiger partial charge in [0.15, 0.2) is 0 Å². The minimum absolute atomic E-state index is 0.0534. The molecule has 0 spiro atoms. The molecule has 0 unspecified atom stereocenters. The highest BCUT2D eigenvalue weighted by molar-refractivity contribution is 6.40. The number of aryl methyl sites for hydroxylation is 2. The molecule has 1 aliphatic heterocycles. The summed E-state index contributed by atoms with van der Waals surface area (Å²) in [5, 5.41) is 4.26. The number of pyridine rings is 1. The van der Waals surface area contributed by atoms with Crippen LogP contribution in [-0.4, -0.2) is 42.0 Å². The fraction of sp³-hybridized carbons (Fsp3) is 0.227. The summed E-state index contributed by atoms with van der Waals surface area (Å²) >= 11 is 12.4. The third kappa shape index (κ3) is 3.36. The van der Waals surface area contributed by atoms with E-state index in [0.29, 0.717) is 24.3 Å². The molecular formula is C22H20Cl2N4O2. The quantitative estimate of drug-likeness (QED) is 0.599. The van der Waals surface area contributed by atoms with Gasteiger partial charge >= 0.3 is 6.03 Å². The molecule has 3 aromatic rings. The van der Waals surface area contributed by atoms with Crippen LogP contribution in [0.15, 0.2) is 36.5 Å². The average molecular weight is 443 g/mol. The zero-order valence-corrected chi connectivity index (χ0v) is 18.3. The first kappa shape index (κ1) is 20.4. The minimum Gasteiger partial charge on any atom is -0.326 e. The van der Waals surface area contributed by atoms with Gasteiger partial charge < -0.3 is 10.2 Å². The number of hydrogen-bond donors (Lipinski definition) is 1. The highest BCUT2D eigenvalue weighted by atomic mass is 35.5. The number of nitrogens with zero attached hydrogens (tertiary/aromatic N) is 3. The van der Waals surface area contributed by atoms with E-state index in [1.54, 1.807) is 47.3 Å². The zero-order valence-electron chi connectivity index (χ0n) is 16.8. The van der Waals surface area contributed by atoms with E-state index in [2.05, 4.69) is 10.3 Å². The molecule has 154 valence electrons. The number of likely N-dealkylation sites (N-methyl/N-ethyl adjacent to an activating group) is 1. The Bertz CT molecular complexity index is 1180. The lowest BCUT2D eigenvalue weighted by Gasteiger charge is -2.22. The van der Waals surface area contributed by atoms with Gasteiger partial charge in [-0.05, 0) is 43.2 Å². The summed E-state index contributed by atoms with van der Waals surface area (Å²) in [7, 11) is 1.78. The number of rotatable bonds is 3. The summed E-state index contributed by atoms with van der Waals surface area (Å²) in [6.45, 7) is 5.15. The van der Waals surface area contributed by atoms with Crippen LogP contribution in [0.3, 0.4) is 0 Å². The SMILES string of the molecule is Cc1cnc2c(NC(=O)c3c(Cl)cccc3Cl)ccc(C)c2c1N1CCN(C)C1=O. The molecule has 2 heterocycles.